The largest absolute Gasteiger partial charge is 0.394 e. The summed E-state index contributed by atoms with van der Waals surface area (Å²) in [6.07, 6.45) is 4.26. The van der Waals surface area contributed by atoms with Crippen molar-refractivity contribution in [3.63, 3.8) is 0 Å². The van der Waals surface area contributed by atoms with Gasteiger partial charge in [-0.15, -0.1) is 0 Å². The topological polar surface area (TPSA) is 61.4 Å². The SMILES string of the molecule is CC1(CNC(=O)N[C@H](CO)Cc2ccccc2)CCC1. The first-order chi connectivity index (χ1) is 9.61. The molecule has 2 amide bonds. The Morgan fingerprint density at radius 2 is 2.05 bits per heavy atom. The summed E-state index contributed by atoms with van der Waals surface area (Å²) in [6.45, 7) is 2.85. The van der Waals surface area contributed by atoms with Crippen LogP contribution in [0.5, 0.6) is 0 Å². The van der Waals surface area contributed by atoms with Crippen molar-refractivity contribution >= 4 is 6.03 Å². The van der Waals surface area contributed by atoms with Gasteiger partial charge in [-0.25, -0.2) is 4.79 Å². The van der Waals surface area contributed by atoms with Gasteiger partial charge in [0.1, 0.15) is 0 Å². The van der Waals surface area contributed by atoms with Crippen molar-refractivity contribution in [2.75, 3.05) is 13.2 Å². The molecule has 1 saturated carbocycles. The molecule has 0 spiro atoms. The van der Waals surface area contributed by atoms with Gasteiger partial charge in [-0.2, -0.15) is 0 Å². The minimum Gasteiger partial charge on any atom is -0.394 e. The van der Waals surface area contributed by atoms with Gasteiger partial charge in [0.2, 0.25) is 0 Å². The van der Waals surface area contributed by atoms with E-state index in [0.29, 0.717) is 13.0 Å². The van der Waals surface area contributed by atoms with Gasteiger partial charge in [-0.3, -0.25) is 0 Å². The predicted octanol–water partition coefficient (Wildman–Crippen LogP) is 2.08. The van der Waals surface area contributed by atoms with Crippen molar-refractivity contribution in [2.45, 2.75) is 38.6 Å². The molecule has 0 saturated heterocycles. The molecule has 1 atom stereocenters. The minimum atomic E-state index is -0.244. The monoisotopic (exact) mass is 276 g/mol. The Bertz CT molecular complexity index is 429. The number of hydrogen-bond donors (Lipinski definition) is 3. The smallest absolute Gasteiger partial charge is 0.315 e. The maximum Gasteiger partial charge on any atom is 0.315 e. The summed E-state index contributed by atoms with van der Waals surface area (Å²) in [5.74, 6) is 0. The molecular weight excluding hydrogens is 252 g/mol. The van der Waals surface area contributed by atoms with E-state index in [2.05, 4.69) is 17.6 Å². The van der Waals surface area contributed by atoms with E-state index in [1.165, 1.54) is 19.3 Å². The highest BCUT2D eigenvalue weighted by Crippen LogP contribution is 2.39. The first kappa shape index (κ1) is 14.9. The fourth-order valence-electron chi connectivity index (χ4n) is 2.55. The quantitative estimate of drug-likeness (QED) is 0.745. The van der Waals surface area contributed by atoms with Crippen LogP contribution in [0, 0.1) is 5.41 Å². The van der Waals surface area contributed by atoms with Crippen LogP contribution in [0.4, 0.5) is 4.79 Å². The summed E-state index contributed by atoms with van der Waals surface area (Å²) in [4.78, 5) is 11.9. The fraction of sp³-hybridized carbons (Fsp3) is 0.562. The van der Waals surface area contributed by atoms with Gasteiger partial charge in [0.05, 0.1) is 12.6 Å². The second-order valence-electron chi connectivity index (χ2n) is 6.06. The van der Waals surface area contributed by atoms with Crippen LogP contribution in [0.3, 0.4) is 0 Å². The maximum absolute atomic E-state index is 11.9. The van der Waals surface area contributed by atoms with E-state index in [1.54, 1.807) is 0 Å². The lowest BCUT2D eigenvalue weighted by Crippen LogP contribution is -2.48. The average Bonchev–Trinajstić information content (AvgIpc) is 2.43. The van der Waals surface area contributed by atoms with Gasteiger partial charge >= 0.3 is 6.03 Å². The Labute approximate surface area is 120 Å². The predicted molar refractivity (Wildman–Crippen MR) is 79.5 cm³/mol. The minimum absolute atomic E-state index is 0.0560. The van der Waals surface area contributed by atoms with E-state index in [-0.39, 0.29) is 24.1 Å². The summed E-state index contributed by atoms with van der Waals surface area (Å²) < 4.78 is 0. The number of benzene rings is 1. The molecule has 4 nitrogen and oxygen atoms in total. The van der Waals surface area contributed by atoms with Gasteiger partial charge in [-0.05, 0) is 30.2 Å². The van der Waals surface area contributed by atoms with E-state index in [0.717, 1.165) is 5.56 Å². The highest BCUT2D eigenvalue weighted by molar-refractivity contribution is 5.74. The van der Waals surface area contributed by atoms with Crippen LogP contribution < -0.4 is 10.6 Å². The Kier molecular flexibility index (Phi) is 5.01. The standard InChI is InChI=1S/C16H24N2O2/c1-16(8-5-9-16)12-17-15(20)18-14(11-19)10-13-6-3-2-4-7-13/h2-4,6-7,14,19H,5,8-12H2,1H3,(H2,17,18,20)/t14-/m0/s1. The van der Waals surface area contributed by atoms with Crippen molar-refractivity contribution in [3.05, 3.63) is 35.9 Å². The molecule has 1 aliphatic carbocycles. The number of rotatable bonds is 6. The molecule has 0 bridgehead atoms. The summed E-state index contributed by atoms with van der Waals surface area (Å²) in [5.41, 5.74) is 1.38. The third kappa shape index (κ3) is 4.23. The van der Waals surface area contributed by atoms with Crippen LogP contribution in [0.15, 0.2) is 30.3 Å². The summed E-state index contributed by atoms with van der Waals surface area (Å²) in [5, 5.41) is 15.1. The van der Waals surface area contributed by atoms with Crippen molar-refractivity contribution in [1.82, 2.24) is 10.6 Å². The number of urea groups is 1. The highest BCUT2D eigenvalue weighted by Gasteiger charge is 2.31. The van der Waals surface area contributed by atoms with Crippen LogP contribution >= 0.6 is 0 Å². The van der Waals surface area contributed by atoms with Gasteiger partial charge in [0.25, 0.3) is 0 Å². The van der Waals surface area contributed by atoms with Crippen LogP contribution in [0.2, 0.25) is 0 Å². The number of hydrogen-bond acceptors (Lipinski definition) is 2. The molecule has 1 aliphatic rings. The molecule has 20 heavy (non-hydrogen) atoms. The molecule has 0 aliphatic heterocycles. The van der Waals surface area contributed by atoms with Gasteiger partial charge < -0.3 is 15.7 Å². The average molecular weight is 276 g/mol. The Balaban J connectivity index is 1.76. The van der Waals surface area contributed by atoms with Crippen molar-refractivity contribution < 1.29 is 9.90 Å². The van der Waals surface area contributed by atoms with Crippen LogP contribution in [-0.2, 0) is 6.42 Å². The molecule has 0 unspecified atom stereocenters. The molecule has 2 rings (SSSR count). The molecule has 3 N–H and O–H groups in total. The molecule has 0 heterocycles. The van der Waals surface area contributed by atoms with E-state index in [9.17, 15) is 9.90 Å². The van der Waals surface area contributed by atoms with Crippen LogP contribution in [-0.4, -0.2) is 30.3 Å². The normalized spacial score (nSPS) is 17.9. The van der Waals surface area contributed by atoms with Crippen molar-refractivity contribution in [2.24, 2.45) is 5.41 Å². The zero-order chi connectivity index (χ0) is 14.4. The van der Waals surface area contributed by atoms with Gasteiger partial charge in [-0.1, -0.05) is 43.7 Å². The molecular formula is C16H24N2O2. The molecule has 1 aromatic carbocycles. The van der Waals surface area contributed by atoms with Gasteiger partial charge in [0, 0.05) is 6.54 Å². The van der Waals surface area contributed by atoms with Crippen molar-refractivity contribution in [1.29, 1.82) is 0 Å². The first-order valence-corrected chi connectivity index (χ1v) is 7.30. The lowest BCUT2D eigenvalue weighted by Gasteiger charge is -2.38. The zero-order valence-corrected chi connectivity index (χ0v) is 12.1. The Morgan fingerprint density at radius 1 is 1.35 bits per heavy atom. The molecule has 0 radical (unpaired) electrons. The second kappa shape index (κ2) is 6.75. The number of carbonyl (C=O) groups is 1. The second-order valence-corrected chi connectivity index (χ2v) is 6.06. The Hall–Kier alpha value is -1.55. The Morgan fingerprint density at radius 3 is 2.60 bits per heavy atom. The number of carbonyl (C=O) groups excluding carboxylic acids is 1. The van der Waals surface area contributed by atoms with Gasteiger partial charge in [0.15, 0.2) is 0 Å². The molecule has 4 heteroatoms. The number of aliphatic hydroxyl groups excluding tert-OH is 1. The first-order valence-electron chi connectivity index (χ1n) is 7.30. The molecule has 1 fully saturated rings. The molecule has 110 valence electrons. The lowest BCUT2D eigenvalue weighted by molar-refractivity contribution is 0.155. The van der Waals surface area contributed by atoms with Crippen LogP contribution in [0.1, 0.15) is 31.7 Å². The number of nitrogens with one attached hydrogen (secondary N) is 2. The van der Waals surface area contributed by atoms with E-state index < -0.39 is 0 Å². The molecule has 0 aromatic heterocycles. The highest BCUT2D eigenvalue weighted by atomic mass is 16.3. The third-order valence-corrected chi connectivity index (χ3v) is 4.12. The lowest BCUT2D eigenvalue weighted by atomic mass is 9.70. The van der Waals surface area contributed by atoms with E-state index in [4.69, 9.17) is 0 Å². The third-order valence-electron chi connectivity index (χ3n) is 4.12. The van der Waals surface area contributed by atoms with Crippen LogP contribution in [0.25, 0.3) is 0 Å². The fourth-order valence-corrected chi connectivity index (χ4v) is 2.55. The van der Waals surface area contributed by atoms with Crippen molar-refractivity contribution in [3.8, 4) is 0 Å². The van der Waals surface area contributed by atoms with E-state index >= 15 is 0 Å². The summed E-state index contributed by atoms with van der Waals surface area (Å²) in [6, 6.07) is 9.44. The zero-order valence-electron chi connectivity index (χ0n) is 12.1. The summed E-state index contributed by atoms with van der Waals surface area (Å²) >= 11 is 0. The number of amides is 2. The maximum atomic E-state index is 11.9. The van der Waals surface area contributed by atoms with E-state index in [1.807, 2.05) is 30.3 Å². The summed E-state index contributed by atoms with van der Waals surface area (Å²) in [7, 11) is 0. The molecule has 1 aromatic rings. The number of aliphatic hydroxyl groups is 1.